The van der Waals surface area contributed by atoms with Crippen LogP contribution in [0.25, 0.3) is 0 Å². The third kappa shape index (κ3) is 4.85. The molecular weight excluding hydrogens is 368 g/mol. The summed E-state index contributed by atoms with van der Waals surface area (Å²) in [6.07, 6.45) is 11.7. The monoisotopic (exact) mass is 400 g/mol. The highest BCUT2D eigenvalue weighted by atomic mass is 16.5. The van der Waals surface area contributed by atoms with E-state index in [1.807, 2.05) is 13.1 Å². The molecule has 0 radical (unpaired) electrons. The maximum Gasteiger partial charge on any atom is 0.147 e. The van der Waals surface area contributed by atoms with Crippen LogP contribution < -0.4 is 20.1 Å². The Bertz CT molecular complexity index is 740. The van der Waals surface area contributed by atoms with Gasteiger partial charge in [-0.1, -0.05) is 6.08 Å². The molecule has 4 heterocycles. The second kappa shape index (κ2) is 9.50. The number of hydrogen-bond donors (Lipinski definition) is 2. The number of ether oxygens (including phenoxy) is 3. The molecule has 3 aliphatic heterocycles. The molecule has 0 spiro atoms. The molecule has 0 aromatic carbocycles. The van der Waals surface area contributed by atoms with Gasteiger partial charge in [-0.2, -0.15) is 0 Å². The molecule has 2 saturated heterocycles. The van der Waals surface area contributed by atoms with Crippen LogP contribution in [0, 0.1) is 5.92 Å². The summed E-state index contributed by atoms with van der Waals surface area (Å²) in [4.78, 5) is 7.16. The van der Waals surface area contributed by atoms with Gasteiger partial charge in [0.1, 0.15) is 23.3 Å². The van der Waals surface area contributed by atoms with E-state index in [1.54, 1.807) is 13.3 Å². The van der Waals surface area contributed by atoms with Gasteiger partial charge in [0.05, 0.1) is 32.6 Å². The minimum Gasteiger partial charge on any atom is -0.495 e. The lowest BCUT2D eigenvalue weighted by atomic mass is 9.95. The lowest BCUT2D eigenvalue weighted by Gasteiger charge is -2.36. The highest BCUT2D eigenvalue weighted by Gasteiger charge is 2.28. The molecule has 2 atom stereocenters. The van der Waals surface area contributed by atoms with Gasteiger partial charge < -0.3 is 29.7 Å². The Kier molecular flexibility index (Phi) is 6.56. The van der Waals surface area contributed by atoms with E-state index >= 15 is 0 Å². The molecule has 0 amide bonds. The molecule has 2 unspecified atom stereocenters. The Balaban J connectivity index is 1.61. The molecule has 2 N–H and O–H groups in total. The smallest absolute Gasteiger partial charge is 0.147 e. The summed E-state index contributed by atoms with van der Waals surface area (Å²) in [5, 5.41) is 6.73. The number of aromatic nitrogens is 1. The second-order valence-corrected chi connectivity index (χ2v) is 7.89. The van der Waals surface area contributed by atoms with Gasteiger partial charge in [-0.05, 0) is 37.9 Å². The Morgan fingerprint density at radius 2 is 2.17 bits per heavy atom. The first-order valence-corrected chi connectivity index (χ1v) is 10.6. The first-order chi connectivity index (χ1) is 14.3. The molecule has 3 aliphatic rings. The SMILES string of the molecule is CNC1=CN(CC2CCNCC2)C(c2ncc(OC)cc2OC2CCOC2)C=C1. The maximum atomic E-state index is 6.32. The Morgan fingerprint density at radius 1 is 1.31 bits per heavy atom. The van der Waals surface area contributed by atoms with Crippen molar-refractivity contribution in [1.82, 2.24) is 20.5 Å². The highest BCUT2D eigenvalue weighted by Crippen LogP contribution is 2.36. The van der Waals surface area contributed by atoms with Crippen LogP contribution in [-0.4, -0.2) is 63.0 Å². The van der Waals surface area contributed by atoms with Gasteiger partial charge in [-0.15, -0.1) is 0 Å². The van der Waals surface area contributed by atoms with Crippen LogP contribution in [0.15, 0.2) is 36.3 Å². The first-order valence-electron chi connectivity index (χ1n) is 10.6. The van der Waals surface area contributed by atoms with Crippen LogP contribution in [0.3, 0.4) is 0 Å². The van der Waals surface area contributed by atoms with Gasteiger partial charge in [0.2, 0.25) is 0 Å². The van der Waals surface area contributed by atoms with Gasteiger partial charge in [0.25, 0.3) is 0 Å². The zero-order valence-corrected chi connectivity index (χ0v) is 17.4. The molecule has 1 aromatic heterocycles. The minimum atomic E-state index is 0.0326. The van der Waals surface area contributed by atoms with E-state index in [1.165, 1.54) is 12.8 Å². The Hall–Kier alpha value is -2.25. The van der Waals surface area contributed by atoms with E-state index < -0.39 is 0 Å². The third-order valence-electron chi connectivity index (χ3n) is 5.89. The van der Waals surface area contributed by atoms with Crippen LogP contribution in [-0.2, 0) is 4.74 Å². The molecule has 158 valence electrons. The minimum absolute atomic E-state index is 0.0326. The third-order valence-corrected chi connectivity index (χ3v) is 5.89. The fourth-order valence-corrected chi connectivity index (χ4v) is 4.18. The van der Waals surface area contributed by atoms with Gasteiger partial charge in [-0.25, -0.2) is 0 Å². The number of piperidine rings is 1. The summed E-state index contributed by atoms with van der Waals surface area (Å²) in [5.41, 5.74) is 2.03. The molecule has 7 nitrogen and oxygen atoms in total. The maximum absolute atomic E-state index is 6.32. The lowest BCUT2D eigenvalue weighted by molar-refractivity contribution is 0.138. The molecule has 29 heavy (non-hydrogen) atoms. The summed E-state index contributed by atoms with van der Waals surface area (Å²) in [6, 6.07) is 1.99. The van der Waals surface area contributed by atoms with Crippen molar-refractivity contribution in [2.75, 3.05) is 47.0 Å². The molecule has 1 aromatic rings. The van der Waals surface area contributed by atoms with Crippen LogP contribution in [0.4, 0.5) is 0 Å². The summed E-state index contributed by atoms with van der Waals surface area (Å²) in [5.74, 6) is 2.16. The number of allylic oxidation sites excluding steroid dienone is 1. The van der Waals surface area contributed by atoms with Crippen molar-refractivity contribution in [2.24, 2.45) is 5.92 Å². The number of methoxy groups -OCH3 is 1. The quantitative estimate of drug-likeness (QED) is 0.727. The van der Waals surface area contributed by atoms with E-state index in [0.717, 1.165) is 49.8 Å². The lowest BCUT2D eigenvalue weighted by Crippen LogP contribution is -2.37. The number of nitrogens with zero attached hydrogens (tertiary/aromatic N) is 2. The van der Waals surface area contributed by atoms with Gasteiger partial charge in [0.15, 0.2) is 0 Å². The number of hydrogen-bond acceptors (Lipinski definition) is 7. The molecule has 0 saturated carbocycles. The molecule has 0 bridgehead atoms. The topological polar surface area (TPSA) is 67.9 Å². The largest absolute Gasteiger partial charge is 0.495 e. The fraction of sp³-hybridized carbons (Fsp3) is 0.591. The summed E-state index contributed by atoms with van der Waals surface area (Å²) in [7, 11) is 3.62. The van der Waals surface area contributed by atoms with Gasteiger partial charge >= 0.3 is 0 Å². The molecule has 7 heteroatoms. The predicted molar refractivity (Wildman–Crippen MR) is 112 cm³/mol. The van der Waals surface area contributed by atoms with Crippen molar-refractivity contribution in [3.63, 3.8) is 0 Å². The van der Waals surface area contributed by atoms with Gasteiger partial charge in [0, 0.05) is 38.0 Å². The fourth-order valence-electron chi connectivity index (χ4n) is 4.18. The predicted octanol–water partition coefficient (Wildman–Crippen LogP) is 2.23. The number of nitrogens with one attached hydrogen (secondary N) is 2. The normalized spacial score (nSPS) is 25.0. The average molecular weight is 401 g/mol. The van der Waals surface area contributed by atoms with Crippen LogP contribution in [0.5, 0.6) is 11.5 Å². The van der Waals surface area contributed by atoms with Crippen LogP contribution >= 0.6 is 0 Å². The van der Waals surface area contributed by atoms with Crippen molar-refractivity contribution < 1.29 is 14.2 Å². The van der Waals surface area contributed by atoms with Crippen LogP contribution in [0.1, 0.15) is 31.0 Å². The highest BCUT2D eigenvalue weighted by molar-refractivity contribution is 5.40. The first kappa shape index (κ1) is 20.0. The molecular formula is C22H32N4O3. The standard InChI is InChI=1S/C22H32N4O3/c1-23-17-3-4-20(26(14-17)13-16-5-8-24-9-6-16)22-21(11-19(27-2)12-25-22)29-18-7-10-28-15-18/h3-4,11-12,14,16,18,20,23-24H,5-10,13,15H2,1-2H3. The zero-order chi connectivity index (χ0) is 20.1. The summed E-state index contributed by atoms with van der Waals surface area (Å²) in [6.45, 7) is 4.56. The van der Waals surface area contributed by atoms with E-state index in [0.29, 0.717) is 18.3 Å². The molecule has 0 aliphatic carbocycles. The van der Waals surface area contributed by atoms with Crippen molar-refractivity contribution in [3.05, 3.63) is 42.0 Å². The van der Waals surface area contributed by atoms with E-state index in [-0.39, 0.29) is 12.1 Å². The summed E-state index contributed by atoms with van der Waals surface area (Å²) < 4.78 is 17.2. The zero-order valence-electron chi connectivity index (χ0n) is 17.4. The van der Waals surface area contributed by atoms with Gasteiger partial charge in [-0.3, -0.25) is 4.98 Å². The molecule has 4 rings (SSSR count). The van der Waals surface area contributed by atoms with E-state index in [4.69, 9.17) is 19.2 Å². The molecule has 2 fully saturated rings. The number of likely N-dealkylation sites (N-methyl/N-ethyl adjacent to an activating group) is 1. The van der Waals surface area contributed by atoms with Crippen LogP contribution in [0.2, 0.25) is 0 Å². The second-order valence-electron chi connectivity index (χ2n) is 7.89. The van der Waals surface area contributed by atoms with E-state index in [2.05, 4.69) is 33.9 Å². The van der Waals surface area contributed by atoms with E-state index in [9.17, 15) is 0 Å². The van der Waals surface area contributed by atoms with Crippen molar-refractivity contribution in [1.29, 1.82) is 0 Å². The number of rotatable bonds is 7. The Labute approximate surface area is 173 Å². The number of pyridine rings is 1. The average Bonchev–Trinajstić information content (AvgIpc) is 3.28. The van der Waals surface area contributed by atoms with Crippen molar-refractivity contribution in [3.8, 4) is 11.5 Å². The van der Waals surface area contributed by atoms with Crippen molar-refractivity contribution >= 4 is 0 Å². The Morgan fingerprint density at radius 3 is 2.90 bits per heavy atom. The van der Waals surface area contributed by atoms with Crippen molar-refractivity contribution in [2.45, 2.75) is 31.4 Å². The summed E-state index contributed by atoms with van der Waals surface area (Å²) >= 11 is 0.